The number of allylic oxidation sites excluding steroid dienone is 2. The lowest BCUT2D eigenvalue weighted by Gasteiger charge is -2.44. The Bertz CT molecular complexity index is 1470. The molecule has 0 spiro atoms. The lowest BCUT2D eigenvalue weighted by Crippen LogP contribution is -2.52. The fraction of sp³-hybridized carbons (Fsp3) is 0.865. The molecule has 0 aromatic heterocycles. The number of cyclic esters (lactones) is 1. The van der Waals surface area contributed by atoms with Crippen LogP contribution < -0.4 is 0 Å². The van der Waals surface area contributed by atoms with Gasteiger partial charge in [0.2, 0.25) is 0 Å². The summed E-state index contributed by atoms with van der Waals surface area (Å²) in [6, 6.07) is 9.59. The van der Waals surface area contributed by atoms with Gasteiger partial charge >= 0.3 is 5.97 Å². The number of ether oxygens (including phenoxy) is 2. The van der Waals surface area contributed by atoms with Gasteiger partial charge in [0.15, 0.2) is 33.3 Å². The number of carbonyl (C=O) groups is 1. The van der Waals surface area contributed by atoms with Gasteiger partial charge in [0.05, 0.1) is 42.0 Å². The molecule has 2 heterocycles. The molecule has 0 unspecified atom stereocenters. The van der Waals surface area contributed by atoms with Crippen molar-refractivity contribution in [2.45, 2.75) is 277 Å². The number of rotatable bonds is 25. The van der Waals surface area contributed by atoms with Gasteiger partial charge in [0.25, 0.3) is 0 Å². The molecule has 0 radical (unpaired) electrons. The number of esters is 1. The monoisotopic (exact) mass is 967 g/mol. The molecule has 2 aliphatic heterocycles. The van der Waals surface area contributed by atoms with Gasteiger partial charge in [-0.1, -0.05) is 134 Å². The van der Waals surface area contributed by atoms with Crippen molar-refractivity contribution in [3.8, 4) is 0 Å². The van der Waals surface area contributed by atoms with E-state index in [1.54, 1.807) is 0 Å². The summed E-state index contributed by atoms with van der Waals surface area (Å²) in [6.45, 7) is 44.7. The van der Waals surface area contributed by atoms with Crippen molar-refractivity contribution in [1.82, 2.24) is 0 Å². The molecule has 2 rings (SSSR count). The Morgan fingerprint density at radius 3 is 1.89 bits per heavy atom. The SMILES string of the molecule is CC[C@H](O[Si](CC)(CC)CC)[C@@H](C)[C@H]1O[C@@H]1C[C@](C)(/C=C/C=C(\C)[C@H]1OC(=O)C[C@H](O[Si](C)(C)C(C)(C)C)CC[C@@](C)(O[Si](CC)(CC)CC)[C@@H](O)/C=C\[C@@H]1C)O[Si](CC)(CC)CC. The predicted octanol–water partition coefficient (Wildman–Crippen LogP) is 14.7. The summed E-state index contributed by atoms with van der Waals surface area (Å²) < 4.78 is 41.6. The molecule has 374 valence electrons. The van der Waals surface area contributed by atoms with Gasteiger partial charge in [-0.2, -0.15) is 0 Å². The van der Waals surface area contributed by atoms with Crippen LogP contribution in [0.15, 0.2) is 36.0 Å². The third-order valence-corrected chi connectivity index (χ3v) is 35.4. The summed E-state index contributed by atoms with van der Waals surface area (Å²) in [7, 11) is -8.15. The van der Waals surface area contributed by atoms with E-state index in [0.717, 1.165) is 72.8 Å². The van der Waals surface area contributed by atoms with Crippen LogP contribution >= 0.6 is 0 Å². The highest BCUT2D eigenvalue weighted by atomic mass is 28.4. The Labute approximate surface area is 399 Å². The van der Waals surface area contributed by atoms with E-state index in [4.69, 9.17) is 27.2 Å². The normalized spacial score (nSPS) is 28.5. The van der Waals surface area contributed by atoms with Gasteiger partial charge in [-0.15, -0.1) is 0 Å². The molecule has 1 N–H and O–H groups in total. The second kappa shape index (κ2) is 25.3. The molecule has 1 fully saturated rings. The topological polar surface area (TPSA) is 96.0 Å². The third kappa shape index (κ3) is 15.9. The van der Waals surface area contributed by atoms with E-state index in [1.165, 1.54) is 0 Å². The van der Waals surface area contributed by atoms with Crippen LogP contribution in [0.25, 0.3) is 0 Å². The first-order chi connectivity index (χ1) is 29.7. The molecule has 2 aliphatic rings. The van der Waals surface area contributed by atoms with Gasteiger partial charge in [-0.05, 0) is 118 Å². The Kier molecular flexibility index (Phi) is 23.5. The van der Waals surface area contributed by atoms with Crippen molar-refractivity contribution in [3.05, 3.63) is 36.0 Å². The highest BCUT2D eigenvalue weighted by molar-refractivity contribution is 6.75. The van der Waals surface area contributed by atoms with Gasteiger partial charge < -0.3 is 32.3 Å². The molecule has 12 heteroatoms. The van der Waals surface area contributed by atoms with Crippen LogP contribution in [0.1, 0.15) is 157 Å². The van der Waals surface area contributed by atoms with E-state index in [9.17, 15) is 9.90 Å². The van der Waals surface area contributed by atoms with Gasteiger partial charge in [0.1, 0.15) is 6.10 Å². The number of aliphatic hydroxyl groups excluding tert-OH is 1. The minimum absolute atomic E-state index is 0.0324. The quantitative estimate of drug-likeness (QED) is 0.0318. The summed E-state index contributed by atoms with van der Waals surface area (Å²) in [5.41, 5.74) is -0.417. The maximum Gasteiger partial charge on any atom is 0.308 e. The molecular formula is C52H102O8Si4. The lowest BCUT2D eigenvalue weighted by atomic mass is 9.89. The van der Waals surface area contributed by atoms with Gasteiger partial charge in [-0.25, -0.2) is 0 Å². The van der Waals surface area contributed by atoms with Crippen LogP contribution in [0.3, 0.4) is 0 Å². The first-order valence-corrected chi connectivity index (χ1v) is 36.6. The van der Waals surface area contributed by atoms with Gasteiger partial charge in [0, 0.05) is 24.4 Å². The third-order valence-electron chi connectivity index (χ3n) is 16.7. The van der Waals surface area contributed by atoms with E-state index in [1.807, 2.05) is 12.2 Å². The highest BCUT2D eigenvalue weighted by Gasteiger charge is 2.51. The number of carbonyl (C=O) groups excluding carboxylic acids is 1. The van der Waals surface area contributed by atoms with Crippen molar-refractivity contribution in [2.24, 2.45) is 11.8 Å². The second-order valence-corrected chi connectivity index (χ2v) is 40.8. The predicted molar refractivity (Wildman–Crippen MR) is 281 cm³/mol. The van der Waals surface area contributed by atoms with E-state index in [2.05, 4.69) is 156 Å². The fourth-order valence-corrected chi connectivity index (χ4v) is 20.6. The summed E-state index contributed by atoms with van der Waals surface area (Å²) in [4.78, 5) is 14.1. The molecule has 0 aromatic rings. The van der Waals surface area contributed by atoms with Crippen LogP contribution in [0.5, 0.6) is 0 Å². The summed E-state index contributed by atoms with van der Waals surface area (Å²) in [5, 5.41) is 12.0. The van der Waals surface area contributed by atoms with Crippen LogP contribution in [0.4, 0.5) is 0 Å². The largest absolute Gasteiger partial charge is 0.457 e. The highest BCUT2D eigenvalue weighted by Crippen LogP contribution is 2.43. The zero-order valence-corrected chi connectivity index (χ0v) is 49.2. The summed E-state index contributed by atoms with van der Waals surface area (Å²) >= 11 is 0. The minimum atomic E-state index is -2.26. The van der Waals surface area contributed by atoms with Crippen LogP contribution in [0, 0.1) is 11.8 Å². The molecule has 64 heavy (non-hydrogen) atoms. The average molecular weight is 968 g/mol. The van der Waals surface area contributed by atoms with Crippen molar-refractivity contribution in [1.29, 1.82) is 0 Å². The second-order valence-electron chi connectivity index (χ2n) is 21.9. The zero-order valence-electron chi connectivity index (χ0n) is 45.2. The molecule has 0 aromatic carbocycles. The average Bonchev–Trinajstić information content (AvgIpc) is 4.02. The minimum Gasteiger partial charge on any atom is -0.457 e. The molecule has 0 saturated carbocycles. The van der Waals surface area contributed by atoms with E-state index in [-0.39, 0.29) is 47.8 Å². The summed E-state index contributed by atoms with van der Waals surface area (Å²) in [5.74, 6) is -0.156. The molecule has 0 bridgehead atoms. The Morgan fingerprint density at radius 1 is 0.875 bits per heavy atom. The zero-order chi connectivity index (χ0) is 49.0. The van der Waals surface area contributed by atoms with Crippen LogP contribution in [-0.2, 0) is 32.0 Å². The Morgan fingerprint density at radius 2 is 1.41 bits per heavy atom. The smallest absolute Gasteiger partial charge is 0.308 e. The Hall–Kier alpha value is -0.682. The molecule has 8 nitrogen and oxygen atoms in total. The molecule has 10 atom stereocenters. The van der Waals surface area contributed by atoms with Crippen molar-refractivity contribution in [2.75, 3.05) is 0 Å². The maximum absolute atomic E-state index is 14.1. The van der Waals surface area contributed by atoms with Gasteiger partial charge in [-0.3, -0.25) is 4.79 Å². The van der Waals surface area contributed by atoms with Crippen molar-refractivity contribution in [3.63, 3.8) is 0 Å². The number of hydrogen-bond acceptors (Lipinski definition) is 8. The van der Waals surface area contributed by atoms with E-state index >= 15 is 0 Å². The van der Waals surface area contributed by atoms with Crippen LogP contribution in [0.2, 0.25) is 72.5 Å². The molecular weight excluding hydrogens is 865 g/mol. The standard InChI is InChI=1S/C52H102O8Si4/c1-21-44(58-62(22-2,23-3)24-4)42(13)49-45(55-49)39-51(17,59-63(25-5,26-6)27-7)36-31-32-40(11)48-41(12)33-34-46(53)52(18,60-64(28-8,29-9)30-10)37-35-43(38-47(54)56-48)57-61(19,20)50(14,15)16/h31-34,36,41-46,48-49,53H,21-30,35,37-39H2,1-20H3/b34-33-,36-31+,40-32+/t41-,42+,43+,44-,45+,46-,48+,49+,51-,52+/m0/s1. The number of aliphatic hydroxyl groups is 1. The van der Waals surface area contributed by atoms with Crippen molar-refractivity contribution < 1.29 is 37.1 Å². The lowest BCUT2D eigenvalue weighted by molar-refractivity contribution is -0.151. The van der Waals surface area contributed by atoms with Crippen LogP contribution in [-0.4, -0.2) is 92.2 Å². The number of epoxide rings is 1. The summed E-state index contributed by atoms with van der Waals surface area (Å²) in [6.07, 6.45) is 12.2. The van der Waals surface area contributed by atoms with E-state index in [0.29, 0.717) is 18.8 Å². The molecule has 1 saturated heterocycles. The number of hydrogen-bond donors (Lipinski definition) is 1. The first-order valence-electron chi connectivity index (χ1n) is 26.1. The van der Waals surface area contributed by atoms with Crippen molar-refractivity contribution >= 4 is 39.2 Å². The first kappa shape index (κ1) is 59.4. The molecule has 0 amide bonds. The fourth-order valence-electron chi connectivity index (χ4n) is 9.92. The Balaban J connectivity index is 2.58. The molecule has 0 aliphatic carbocycles. The van der Waals surface area contributed by atoms with E-state index < -0.39 is 56.7 Å². The maximum atomic E-state index is 14.1.